The molecule has 1 heterocycles. The summed E-state index contributed by atoms with van der Waals surface area (Å²) >= 11 is 0. The quantitative estimate of drug-likeness (QED) is 0.752. The third-order valence-electron chi connectivity index (χ3n) is 3.48. The van der Waals surface area contributed by atoms with Gasteiger partial charge in [0, 0.05) is 23.6 Å². The Bertz CT molecular complexity index is 668. The van der Waals surface area contributed by atoms with E-state index in [4.69, 9.17) is 5.73 Å². The Balaban J connectivity index is 1.99. The van der Waals surface area contributed by atoms with Crippen LogP contribution in [0.4, 0.5) is 0 Å². The lowest BCUT2D eigenvalue weighted by Gasteiger charge is -2.06. The summed E-state index contributed by atoms with van der Waals surface area (Å²) < 4.78 is 2.27. The number of benzene rings is 2. The summed E-state index contributed by atoms with van der Waals surface area (Å²) in [6.45, 7) is 1.73. The van der Waals surface area contributed by atoms with E-state index in [0.29, 0.717) is 0 Å². The van der Waals surface area contributed by atoms with E-state index in [1.165, 1.54) is 22.0 Å². The van der Waals surface area contributed by atoms with Gasteiger partial charge in [-0.1, -0.05) is 36.4 Å². The van der Waals surface area contributed by atoms with Gasteiger partial charge in [-0.15, -0.1) is 0 Å². The molecule has 2 nitrogen and oxygen atoms in total. The lowest BCUT2D eigenvalue weighted by Crippen LogP contribution is -2.04. The van der Waals surface area contributed by atoms with Crippen LogP contribution in [-0.2, 0) is 6.54 Å². The minimum absolute atomic E-state index is 0.738. The Labute approximate surface area is 113 Å². The van der Waals surface area contributed by atoms with Crippen molar-refractivity contribution in [3.05, 3.63) is 60.8 Å². The third kappa shape index (κ3) is 2.40. The first-order chi connectivity index (χ1) is 9.38. The molecular weight excluding hydrogens is 232 g/mol. The molecule has 0 aliphatic carbocycles. The number of nitrogens with zero attached hydrogens (tertiary/aromatic N) is 1. The Kier molecular flexibility index (Phi) is 3.34. The second kappa shape index (κ2) is 5.29. The van der Waals surface area contributed by atoms with Crippen molar-refractivity contribution in [1.82, 2.24) is 4.57 Å². The van der Waals surface area contributed by atoms with Crippen LogP contribution in [-0.4, -0.2) is 11.1 Å². The van der Waals surface area contributed by atoms with E-state index >= 15 is 0 Å². The number of rotatable bonds is 4. The lowest BCUT2D eigenvalue weighted by atomic mass is 10.0. The molecule has 0 aliphatic heterocycles. The van der Waals surface area contributed by atoms with Crippen molar-refractivity contribution in [2.24, 2.45) is 5.73 Å². The Morgan fingerprint density at radius 3 is 2.53 bits per heavy atom. The summed E-state index contributed by atoms with van der Waals surface area (Å²) in [5.41, 5.74) is 9.39. The number of fused-ring (bicyclic) bond motifs is 1. The van der Waals surface area contributed by atoms with Crippen LogP contribution < -0.4 is 5.73 Å². The van der Waals surface area contributed by atoms with Crippen LogP contribution in [0, 0.1) is 0 Å². The molecule has 0 amide bonds. The van der Waals surface area contributed by atoms with Crippen molar-refractivity contribution >= 4 is 10.9 Å². The number of aryl methyl sites for hydroxylation is 1. The van der Waals surface area contributed by atoms with Crippen LogP contribution in [0.25, 0.3) is 22.0 Å². The van der Waals surface area contributed by atoms with Crippen LogP contribution in [0.5, 0.6) is 0 Å². The molecule has 1 aromatic heterocycles. The van der Waals surface area contributed by atoms with Crippen molar-refractivity contribution in [2.75, 3.05) is 6.54 Å². The molecule has 0 spiro atoms. The van der Waals surface area contributed by atoms with Gasteiger partial charge in [0.25, 0.3) is 0 Å². The standard InChI is InChI=1S/C17H18N2/c18-10-4-11-19-12-9-16-13-15(7-8-17(16)19)14-5-2-1-3-6-14/h1-3,5-9,12-13H,4,10-11,18H2. The summed E-state index contributed by atoms with van der Waals surface area (Å²) in [6.07, 6.45) is 3.17. The Morgan fingerprint density at radius 2 is 1.74 bits per heavy atom. The van der Waals surface area contributed by atoms with Gasteiger partial charge in [0.1, 0.15) is 0 Å². The number of aromatic nitrogens is 1. The molecule has 3 rings (SSSR count). The van der Waals surface area contributed by atoms with Gasteiger partial charge in [0.2, 0.25) is 0 Å². The predicted molar refractivity (Wildman–Crippen MR) is 81.0 cm³/mol. The molecule has 19 heavy (non-hydrogen) atoms. The van der Waals surface area contributed by atoms with Gasteiger partial charge in [-0.25, -0.2) is 0 Å². The average Bonchev–Trinajstić information content (AvgIpc) is 2.88. The Morgan fingerprint density at radius 1 is 0.895 bits per heavy atom. The van der Waals surface area contributed by atoms with Gasteiger partial charge < -0.3 is 10.3 Å². The van der Waals surface area contributed by atoms with Gasteiger partial charge >= 0.3 is 0 Å². The third-order valence-corrected chi connectivity index (χ3v) is 3.48. The molecule has 0 aliphatic rings. The van der Waals surface area contributed by atoms with E-state index in [1.54, 1.807) is 0 Å². The van der Waals surface area contributed by atoms with Crippen molar-refractivity contribution in [3.63, 3.8) is 0 Å². The summed E-state index contributed by atoms with van der Waals surface area (Å²) in [7, 11) is 0. The van der Waals surface area contributed by atoms with Crippen molar-refractivity contribution in [3.8, 4) is 11.1 Å². The highest BCUT2D eigenvalue weighted by Crippen LogP contribution is 2.25. The summed E-state index contributed by atoms with van der Waals surface area (Å²) in [5.74, 6) is 0. The van der Waals surface area contributed by atoms with Crippen molar-refractivity contribution < 1.29 is 0 Å². The van der Waals surface area contributed by atoms with Crippen molar-refractivity contribution in [2.45, 2.75) is 13.0 Å². The highest BCUT2D eigenvalue weighted by atomic mass is 14.9. The van der Waals surface area contributed by atoms with Crippen LogP contribution in [0.15, 0.2) is 60.8 Å². The highest BCUT2D eigenvalue weighted by molar-refractivity contribution is 5.85. The minimum Gasteiger partial charge on any atom is -0.347 e. The van der Waals surface area contributed by atoms with Crippen molar-refractivity contribution in [1.29, 1.82) is 0 Å². The molecular formula is C17H18N2. The molecule has 0 atom stereocenters. The fourth-order valence-electron chi connectivity index (χ4n) is 2.47. The van der Waals surface area contributed by atoms with E-state index in [9.17, 15) is 0 Å². The number of hydrogen-bond donors (Lipinski definition) is 1. The first-order valence-corrected chi connectivity index (χ1v) is 6.73. The summed E-state index contributed by atoms with van der Waals surface area (Å²) in [5, 5.41) is 1.29. The van der Waals surface area contributed by atoms with Crippen LogP contribution in [0.2, 0.25) is 0 Å². The van der Waals surface area contributed by atoms with E-state index in [1.807, 2.05) is 6.07 Å². The lowest BCUT2D eigenvalue weighted by molar-refractivity contribution is 0.671. The van der Waals surface area contributed by atoms with E-state index < -0.39 is 0 Å². The first kappa shape index (κ1) is 12.0. The smallest absolute Gasteiger partial charge is 0.0480 e. The summed E-state index contributed by atoms with van der Waals surface area (Å²) in [6, 6.07) is 19.3. The van der Waals surface area contributed by atoms with Gasteiger partial charge in [0.05, 0.1) is 0 Å². The zero-order chi connectivity index (χ0) is 13.1. The van der Waals surface area contributed by atoms with Gasteiger partial charge in [-0.2, -0.15) is 0 Å². The van der Waals surface area contributed by atoms with Crippen LogP contribution in [0.3, 0.4) is 0 Å². The second-order valence-corrected chi connectivity index (χ2v) is 4.79. The largest absolute Gasteiger partial charge is 0.347 e. The average molecular weight is 250 g/mol. The molecule has 2 N–H and O–H groups in total. The topological polar surface area (TPSA) is 30.9 Å². The summed E-state index contributed by atoms with van der Waals surface area (Å²) in [4.78, 5) is 0. The minimum atomic E-state index is 0.738. The zero-order valence-corrected chi connectivity index (χ0v) is 10.9. The molecule has 2 heteroatoms. The van der Waals surface area contributed by atoms with Crippen LogP contribution >= 0.6 is 0 Å². The van der Waals surface area contributed by atoms with E-state index in [2.05, 4.69) is 59.3 Å². The van der Waals surface area contributed by atoms with Gasteiger partial charge in [-0.3, -0.25) is 0 Å². The zero-order valence-electron chi connectivity index (χ0n) is 10.9. The molecule has 96 valence electrons. The maximum absolute atomic E-state index is 5.58. The monoisotopic (exact) mass is 250 g/mol. The SMILES string of the molecule is NCCCn1ccc2cc(-c3ccccc3)ccc21. The normalized spacial score (nSPS) is 11.0. The molecule has 0 saturated carbocycles. The maximum atomic E-state index is 5.58. The van der Waals surface area contributed by atoms with E-state index in [0.717, 1.165) is 19.5 Å². The number of hydrogen-bond acceptors (Lipinski definition) is 1. The van der Waals surface area contributed by atoms with E-state index in [-0.39, 0.29) is 0 Å². The molecule has 0 fully saturated rings. The second-order valence-electron chi connectivity index (χ2n) is 4.79. The molecule has 0 bridgehead atoms. The van der Waals surface area contributed by atoms with Gasteiger partial charge in [-0.05, 0) is 42.3 Å². The Hall–Kier alpha value is -2.06. The molecule has 0 saturated heterocycles. The first-order valence-electron chi connectivity index (χ1n) is 6.73. The highest BCUT2D eigenvalue weighted by Gasteiger charge is 2.03. The predicted octanol–water partition coefficient (Wildman–Crippen LogP) is 3.66. The fraction of sp³-hybridized carbons (Fsp3) is 0.176. The fourth-order valence-corrected chi connectivity index (χ4v) is 2.47. The maximum Gasteiger partial charge on any atom is 0.0480 e. The molecule has 3 aromatic rings. The number of nitrogens with two attached hydrogens (primary N) is 1. The molecule has 2 aromatic carbocycles. The molecule has 0 radical (unpaired) electrons. The van der Waals surface area contributed by atoms with Gasteiger partial charge in [0.15, 0.2) is 0 Å². The van der Waals surface area contributed by atoms with Crippen LogP contribution in [0.1, 0.15) is 6.42 Å². The molecule has 0 unspecified atom stereocenters.